The molecule has 34 heavy (non-hydrogen) atoms. The molecule has 2 aromatic rings. The van der Waals surface area contributed by atoms with Crippen LogP contribution in [0.1, 0.15) is 65.5 Å². The van der Waals surface area contributed by atoms with Crippen molar-refractivity contribution in [3.8, 4) is 5.75 Å². The first-order valence-corrected chi connectivity index (χ1v) is 12.5. The van der Waals surface area contributed by atoms with Crippen molar-refractivity contribution >= 4 is 35.0 Å². The van der Waals surface area contributed by atoms with E-state index in [1.165, 1.54) is 5.56 Å². The number of carbonyl (C=O) groups excluding carboxylic acids is 2. The van der Waals surface area contributed by atoms with Crippen LogP contribution in [0, 0.1) is 0 Å². The Morgan fingerprint density at radius 3 is 2.18 bits per heavy atom. The number of nitrogens with zero attached hydrogens (tertiary/aromatic N) is 1. The van der Waals surface area contributed by atoms with Gasteiger partial charge in [0.15, 0.2) is 6.61 Å². The maximum Gasteiger partial charge on any atom is 0.261 e. The minimum Gasteiger partial charge on any atom is -0.484 e. The second-order valence-corrected chi connectivity index (χ2v) is 10.4. The lowest BCUT2D eigenvalue weighted by molar-refractivity contribution is -0.143. The van der Waals surface area contributed by atoms with Crippen LogP contribution in [-0.4, -0.2) is 35.4 Å². The number of hydrogen-bond donors (Lipinski definition) is 1. The van der Waals surface area contributed by atoms with E-state index in [2.05, 4.69) is 26.1 Å². The highest BCUT2D eigenvalue weighted by Crippen LogP contribution is 2.25. The first kappa shape index (κ1) is 28.0. The summed E-state index contributed by atoms with van der Waals surface area (Å²) in [5.74, 6) is 0.143. The van der Waals surface area contributed by atoms with Gasteiger partial charge in [0.1, 0.15) is 11.8 Å². The van der Waals surface area contributed by atoms with Gasteiger partial charge in [-0.2, -0.15) is 0 Å². The number of hydrogen-bond acceptors (Lipinski definition) is 3. The van der Waals surface area contributed by atoms with Gasteiger partial charge in [-0.05, 0) is 60.6 Å². The number of benzene rings is 2. The van der Waals surface area contributed by atoms with Crippen LogP contribution < -0.4 is 10.1 Å². The first-order chi connectivity index (χ1) is 16.0. The Hall–Kier alpha value is -2.24. The molecule has 0 saturated heterocycles. The van der Waals surface area contributed by atoms with Gasteiger partial charge in [0.05, 0.1) is 10.0 Å². The van der Waals surface area contributed by atoms with Crippen molar-refractivity contribution in [3.05, 3.63) is 63.6 Å². The van der Waals surface area contributed by atoms with Gasteiger partial charge in [0.2, 0.25) is 5.91 Å². The monoisotopic (exact) mass is 506 g/mol. The average Bonchev–Trinajstić information content (AvgIpc) is 2.79. The molecule has 0 aromatic heterocycles. The Labute approximate surface area is 213 Å². The van der Waals surface area contributed by atoms with Crippen molar-refractivity contribution in [3.63, 3.8) is 0 Å². The molecule has 2 aromatic carbocycles. The summed E-state index contributed by atoms with van der Waals surface area (Å²) < 4.78 is 5.80. The van der Waals surface area contributed by atoms with Crippen LogP contribution in [0.15, 0.2) is 42.5 Å². The third kappa shape index (κ3) is 7.92. The molecule has 0 aliphatic heterocycles. The molecule has 0 radical (unpaired) electrons. The third-order valence-corrected chi connectivity index (χ3v) is 6.55. The minimum absolute atomic E-state index is 0.0149. The van der Waals surface area contributed by atoms with Crippen LogP contribution in [0.25, 0.3) is 0 Å². The fourth-order valence-electron chi connectivity index (χ4n) is 3.47. The molecule has 0 heterocycles. The molecule has 2 amide bonds. The molecule has 0 spiro atoms. The lowest BCUT2D eigenvalue weighted by atomic mass is 9.87. The smallest absolute Gasteiger partial charge is 0.261 e. The maximum absolute atomic E-state index is 13.3. The predicted octanol–water partition coefficient (Wildman–Crippen LogP) is 6.39. The highest BCUT2D eigenvalue weighted by atomic mass is 35.5. The summed E-state index contributed by atoms with van der Waals surface area (Å²) >= 11 is 12.2. The number of ether oxygens (including phenoxy) is 1. The van der Waals surface area contributed by atoms with Gasteiger partial charge in [0.25, 0.3) is 5.91 Å². The molecular weight excluding hydrogens is 471 g/mol. The van der Waals surface area contributed by atoms with Crippen LogP contribution in [0.2, 0.25) is 10.0 Å². The van der Waals surface area contributed by atoms with Crippen LogP contribution in [0.3, 0.4) is 0 Å². The van der Waals surface area contributed by atoms with Crippen molar-refractivity contribution < 1.29 is 14.3 Å². The van der Waals surface area contributed by atoms with Crippen LogP contribution in [0.4, 0.5) is 0 Å². The largest absolute Gasteiger partial charge is 0.484 e. The molecule has 0 saturated carbocycles. The van der Waals surface area contributed by atoms with E-state index in [0.29, 0.717) is 22.2 Å². The second-order valence-electron chi connectivity index (χ2n) is 9.58. The highest BCUT2D eigenvalue weighted by molar-refractivity contribution is 6.42. The summed E-state index contributed by atoms with van der Waals surface area (Å²) in [6, 6.07) is 12.3. The molecule has 2 atom stereocenters. The lowest BCUT2D eigenvalue weighted by Crippen LogP contribution is -2.51. The molecule has 2 rings (SSSR count). The zero-order chi connectivity index (χ0) is 25.5. The topological polar surface area (TPSA) is 58.6 Å². The first-order valence-electron chi connectivity index (χ1n) is 11.7. The van der Waals surface area contributed by atoms with Crippen LogP contribution in [0.5, 0.6) is 5.75 Å². The Balaban J connectivity index is 2.23. The molecule has 0 aliphatic carbocycles. The summed E-state index contributed by atoms with van der Waals surface area (Å²) in [5.41, 5.74) is 2.00. The van der Waals surface area contributed by atoms with Crippen molar-refractivity contribution in [2.24, 2.45) is 0 Å². The fourth-order valence-corrected chi connectivity index (χ4v) is 3.80. The van der Waals surface area contributed by atoms with E-state index < -0.39 is 6.04 Å². The van der Waals surface area contributed by atoms with Gasteiger partial charge in [-0.15, -0.1) is 0 Å². The summed E-state index contributed by atoms with van der Waals surface area (Å²) in [7, 11) is 0. The second kappa shape index (κ2) is 12.5. The molecular formula is C27H36Cl2N2O3. The highest BCUT2D eigenvalue weighted by Gasteiger charge is 2.29. The number of carbonyl (C=O) groups is 2. The average molecular weight is 508 g/mol. The quantitative estimate of drug-likeness (QED) is 0.405. The normalized spacial score (nSPS) is 13.2. The zero-order valence-corrected chi connectivity index (χ0v) is 22.5. The van der Waals surface area contributed by atoms with Gasteiger partial charge < -0.3 is 15.0 Å². The molecule has 1 N–H and O–H groups in total. The van der Waals surface area contributed by atoms with Gasteiger partial charge in [-0.1, -0.05) is 76.0 Å². The van der Waals surface area contributed by atoms with Gasteiger partial charge in [0, 0.05) is 12.6 Å². The molecule has 7 heteroatoms. The predicted molar refractivity (Wildman–Crippen MR) is 140 cm³/mol. The minimum atomic E-state index is -0.636. The SMILES string of the molecule is CC[C@H](C)NC(=O)[C@H](CC)N(Cc1ccc(Cl)c(Cl)c1)C(=O)COc1ccc(C(C)(C)C)cc1. The maximum atomic E-state index is 13.3. The van der Waals surface area contributed by atoms with Crippen molar-refractivity contribution in [1.82, 2.24) is 10.2 Å². The molecule has 0 bridgehead atoms. The van der Waals surface area contributed by atoms with E-state index in [-0.39, 0.29) is 36.4 Å². The number of halogens is 2. The Kier molecular flexibility index (Phi) is 10.3. The van der Waals surface area contributed by atoms with Crippen molar-refractivity contribution in [2.75, 3.05) is 6.61 Å². The van der Waals surface area contributed by atoms with Crippen LogP contribution >= 0.6 is 23.2 Å². The molecule has 0 fully saturated rings. The van der Waals surface area contributed by atoms with Gasteiger partial charge >= 0.3 is 0 Å². The molecule has 0 unspecified atom stereocenters. The number of nitrogens with one attached hydrogen (secondary N) is 1. The fraction of sp³-hybridized carbons (Fsp3) is 0.481. The standard InChI is InChI=1S/C27H36Cl2N2O3/c1-7-18(3)30-26(33)24(8-2)31(16-19-9-14-22(28)23(29)15-19)25(32)17-34-21-12-10-20(11-13-21)27(4,5)6/h9-15,18,24H,7-8,16-17H2,1-6H3,(H,30,33)/t18-,24-/m0/s1. The lowest BCUT2D eigenvalue weighted by Gasteiger charge is -2.31. The molecule has 186 valence electrons. The Morgan fingerprint density at radius 1 is 1.00 bits per heavy atom. The Morgan fingerprint density at radius 2 is 1.65 bits per heavy atom. The summed E-state index contributed by atoms with van der Waals surface area (Å²) in [5, 5.41) is 3.83. The van der Waals surface area contributed by atoms with Crippen molar-refractivity contribution in [1.29, 1.82) is 0 Å². The zero-order valence-electron chi connectivity index (χ0n) is 21.0. The van der Waals surface area contributed by atoms with Crippen molar-refractivity contribution in [2.45, 2.75) is 78.4 Å². The third-order valence-electron chi connectivity index (χ3n) is 5.81. The van der Waals surface area contributed by atoms with E-state index in [1.807, 2.05) is 45.0 Å². The van der Waals surface area contributed by atoms with E-state index >= 15 is 0 Å². The number of amides is 2. The summed E-state index contributed by atoms with van der Waals surface area (Å²) in [6.07, 6.45) is 1.27. The van der Waals surface area contributed by atoms with Gasteiger partial charge in [-0.25, -0.2) is 0 Å². The van der Waals surface area contributed by atoms with E-state index in [4.69, 9.17) is 27.9 Å². The molecule has 5 nitrogen and oxygen atoms in total. The van der Waals surface area contributed by atoms with E-state index in [9.17, 15) is 9.59 Å². The number of rotatable bonds is 10. The summed E-state index contributed by atoms with van der Waals surface area (Å²) in [6.45, 7) is 12.3. The van der Waals surface area contributed by atoms with E-state index in [0.717, 1.165) is 12.0 Å². The Bertz CT molecular complexity index is 971. The summed E-state index contributed by atoms with van der Waals surface area (Å²) in [4.78, 5) is 27.9. The van der Waals surface area contributed by atoms with Gasteiger partial charge in [-0.3, -0.25) is 9.59 Å². The van der Waals surface area contributed by atoms with E-state index in [1.54, 1.807) is 23.1 Å². The van der Waals surface area contributed by atoms with Crippen LogP contribution in [-0.2, 0) is 21.5 Å². The molecule has 0 aliphatic rings.